The van der Waals surface area contributed by atoms with Crippen LogP contribution in [-0.4, -0.2) is 28.7 Å². The van der Waals surface area contributed by atoms with Crippen LogP contribution in [0.25, 0.3) is 11.1 Å². The molecule has 7 nitrogen and oxygen atoms in total. The van der Waals surface area contributed by atoms with E-state index in [1.54, 1.807) is 30.9 Å². The van der Waals surface area contributed by atoms with Crippen LogP contribution in [0.1, 0.15) is 5.69 Å². The molecule has 2 N–H and O–H groups in total. The molecule has 0 bridgehead atoms. The number of aromatic amines is 1. The molecular formula is C13H11N5O2. The molecule has 0 atom stereocenters. The lowest BCUT2D eigenvalue weighted by Gasteiger charge is -2.00. The van der Waals surface area contributed by atoms with Gasteiger partial charge in [-0.15, -0.1) is 0 Å². The first kappa shape index (κ1) is 13.3. The molecule has 2 rings (SSSR count). The van der Waals surface area contributed by atoms with Crippen LogP contribution in [0.5, 0.6) is 0 Å². The summed E-state index contributed by atoms with van der Waals surface area (Å²) in [5.41, 5.74) is 2.26. The first-order valence-electron chi connectivity index (χ1n) is 5.66. The average molecular weight is 269 g/mol. The van der Waals surface area contributed by atoms with E-state index in [0.29, 0.717) is 5.69 Å². The molecule has 100 valence electrons. The highest BCUT2D eigenvalue weighted by Crippen LogP contribution is 2.19. The van der Waals surface area contributed by atoms with Gasteiger partial charge in [0, 0.05) is 18.6 Å². The zero-order valence-electron chi connectivity index (χ0n) is 10.6. The fourth-order valence-electron chi connectivity index (χ4n) is 1.66. The van der Waals surface area contributed by atoms with Gasteiger partial charge in [-0.25, -0.2) is 0 Å². The number of H-pyrrole nitrogens is 1. The molecule has 0 radical (unpaired) electrons. The normalized spacial score (nSPS) is 10.7. The number of hydrogen-bond donors (Lipinski definition) is 2. The Morgan fingerprint density at radius 2 is 2.20 bits per heavy atom. The van der Waals surface area contributed by atoms with Crippen molar-refractivity contribution in [3.63, 3.8) is 0 Å². The van der Waals surface area contributed by atoms with Crippen molar-refractivity contribution in [1.82, 2.24) is 15.3 Å². The van der Waals surface area contributed by atoms with Crippen LogP contribution in [0.4, 0.5) is 0 Å². The molecule has 0 aromatic carbocycles. The number of pyridine rings is 1. The smallest absolute Gasteiger partial charge is 0.288 e. The van der Waals surface area contributed by atoms with Gasteiger partial charge in [-0.3, -0.25) is 15.1 Å². The molecule has 0 unspecified atom stereocenters. The van der Waals surface area contributed by atoms with Crippen LogP contribution in [0.3, 0.4) is 0 Å². The Labute approximate surface area is 114 Å². The first-order valence-corrected chi connectivity index (χ1v) is 5.66. The highest BCUT2D eigenvalue weighted by molar-refractivity contribution is 6.45. The highest BCUT2D eigenvalue weighted by Gasteiger charge is 2.17. The second-order valence-electron chi connectivity index (χ2n) is 3.73. The number of carbonyl (C=O) groups excluding carboxylic acids is 1. The summed E-state index contributed by atoms with van der Waals surface area (Å²) in [6, 6.07) is 5.43. The maximum absolute atomic E-state index is 11.7. The second kappa shape index (κ2) is 6.15. The average Bonchev–Trinajstić information content (AvgIpc) is 2.95. The van der Waals surface area contributed by atoms with Crippen LogP contribution < -0.4 is 5.32 Å². The van der Waals surface area contributed by atoms with Crippen LogP contribution in [0.2, 0.25) is 0 Å². The molecular weight excluding hydrogens is 258 g/mol. The van der Waals surface area contributed by atoms with Gasteiger partial charge < -0.3 is 9.82 Å². The van der Waals surface area contributed by atoms with Crippen LogP contribution in [-0.2, 0) is 9.63 Å². The molecule has 20 heavy (non-hydrogen) atoms. The molecule has 2 heterocycles. The molecule has 0 fully saturated rings. The Balaban J connectivity index is 2.33. The number of nitrogens with zero attached hydrogens (tertiary/aromatic N) is 3. The van der Waals surface area contributed by atoms with Crippen LogP contribution in [0, 0.1) is 11.5 Å². The summed E-state index contributed by atoms with van der Waals surface area (Å²) < 4.78 is 0. The largest absolute Gasteiger partial charge is 0.398 e. The van der Waals surface area contributed by atoms with Crippen molar-refractivity contribution >= 4 is 11.6 Å². The van der Waals surface area contributed by atoms with Gasteiger partial charge in [-0.1, -0.05) is 5.16 Å². The van der Waals surface area contributed by atoms with Crippen molar-refractivity contribution in [2.75, 3.05) is 7.11 Å². The number of rotatable bonds is 4. The summed E-state index contributed by atoms with van der Waals surface area (Å²) in [4.78, 5) is 23.2. The minimum absolute atomic E-state index is 0.00523. The Morgan fingerprint density at radius 1 is 1.45 bits per heavy atom. The zero-order chi connectivity index (χ0) is 14.4. The first-order chi connectivity index (χ1) is 9.76. The Kier molecular flexibility index (Phi) is 4.09. The minimum atomic E-state index is -0.641. The number of carbonyl (C=O) groups is 1. The van der Waals surface area contributed by atoms with Crippen LogP contribution >= 0.6 is 0 Å². The third-order valence-corrected chi connectivity index (χ3v) is 2.52. The van der Waals surface area contributed by atoms with Crippen molar-refractivity contribution in [3.8, 4) is 17.3 Å². The number of oxime groups is 1. The van der Waals surface area contributed by atoms with Gasteiger partial charge in [0.15, 0.2) is 11.9 Å². The molecule has 0 saturated heterocycles. The third kappa shape index (κ3) is 2.81. The summed E-state index contributed by atoms with van der Waals surface area (Å²) in [6.07, 6.45) is 6.64. The molecule has 0 aliphatic heterocycles. The van der Waals surface area contributed by atoms with Gasteiger partial charge in [-0.05, 0) is 29.3 Å². The van der Waals surface area contributed by atoms with Gasteiger partial charge in [0.25, 0.3) is 5.91 Å². The SMILES string of the molecule is CO/N=C(/C(=O)NC#N)c1cc(-c2ccncc2)c[nH]1. The molecule has 2 aromatic rings. The monoisotopic (exact) mass is 269 g/mol. The molecule has 0 aliphatic rings. The highest BCUT2D eigenvalue weighted by atomic mass is 16.6. The summed E-state index contributed by atoms with van der Waals surface area (Å²) >= 11 is 0. The number of aromatic nitrogens is 2. The van der Waals surface area contributed by atoms with Gasteiger partial charge in [-0.2, -0.15) is 5.26 Å². The Bertz CT molecular complexity index is 670. The van der Waals surface area contributed by atoms with Crippen molar-refractivity contribution in [2.45, 2.75) is 0 Å². The van der Waals surface area contributed by atoms with E-state index >= 15 is 0 Å². The molecule has 0 aliphatic carbocycles. The van der Waals surface area contributed by atoms with Crippen molar-refractivity contribution in [2.24, 2.45) is 5.16 Å². The lowest BCUT2D eigenvalue weighted by molar-refractivity contribution is -0.113. The quantitative estimate of drug-likeness (QED) is 0.374. The Hall–Kier alpha value is -3.14. The molecule has 0 saturated carbocycles. The summed E-state index contributed by atoms with van der Waals surface area (Å²) in [7, 11) is 1.33. The van der Waals surface area contributed by atoms with Gasteiger partial charge in [0.05, 0.1) is 5.69 Å². The lowest BCUT2D eigenvalue weighted by Crippen LogP contribution is -2.28. The minimum Gasteiger partial charge on any atom is -0.398 e. The van der Waals surface area contributed by atoms with E-state index in [-0.39, 0.29) is 5.71 Å². The predicted molar refractivity (Wildman–Crippen MR) is 71.3 cm³/mol. The maximum Gasteiger partial charge on any atom is 0.288 e. The third-order valence-electron chi connectivity index (χ3n) is 2.52. The van der Waals surface area contributed by atoms with Crippen LogP contribution in [0.15, 0.2) is 41.9 Å². The maximum atomic E-state index is 11.7. The molecule has 0 spiro atoms. The number of nitriles is 1. The van der Waals surface area contributed by atoms with Crippen molar-refractivity contribution in [1.29, 1.82) is 5.26 Å². The Morgan fingerprint density at radius 3 is 2.85 bits per heavy atom. The number of amides is 1. The van der Waals surface area contributed by atoms with E-state index in [4.69, 9.17) is 5.26 Å². The lowest BCUT2D eigenvalue weighted by atomic mass is 10.1. The molecule has 7 heteroatoms. The molecule has 1 amide bonds. The van der Waals surface area contributed by atoms with E-state index in [1.165, 1.54) is 7.11 Å². The van der Waals surface area contributed by atoms with E-state index in [1.807, 2.05) is 17.4 Å². The fraction of sp³-hybridized carbons (Fsp3) is 0.0769. The van der Waals surface area contributed by atoms with E-state index in [9.17, 15) is 4.79 Å². The predicted octanol–water partition coefficient (Wildman–Crippen LogP) is 1.02. The standard InChI is InChI=1S/C13H11N5O2/c1-20-18-12(13(19)17-8-14)11-6-10(7-16-11)9-2-4-15-5-3-9/h2-7,16H,1H3,(H,17,19)/b18-12+. The van der Waals surface area contributed by atoms with E-state index < -0.39 is 5.91 Å². The fourth-order valence-corrected chi connectivity index (χ4v) is 1.66. The summed E-state index contributed by atoms with van der Waals surface area (Å²) in [5.74, 6) is -0.641. The van der Waals surface area contributed by atoms with Crippen molar-refractivity contribution < 1.29 is 9.63 Å². The van der Waals surface area contributed by atoms with Gasteiger partial charge in [0.2, 0.25) is 0 Å². The number of hydrogen-bond acceptors (Lipinski definition) is 5. The van der Waals surface area contributed by atoms with Crippen molar-refractivity contribution in [3.05, 3.63) is 42.5 Å². The summed E-state index contributed by atoms with van der Waals surface area (Å²) in [6.45, 7) is 0. The molecule has 2 aromatic heterocycles. The summed E-state index contributed by atoms with van der Waals surface area (Å²) in [5, 5.41) is 14.1. The topological polar surface area (TPSA) is 103 Å². The van der Waals surface area contributed by atoms with Gasteiger partial charge in [0.1, 0.15) is 7.11 Å². The zero-order valence-corrected chi connectivity index (χ0v) is 10.6. The second-order valence-corrected chi connectivity index (χ2v) is 3.73. The van der Waals surface area contributed by atoms with Gasteiger partial charge >= 0.3 is 0 Å². The van der Waals surface area contributed by atoms with E-state index in [2.05, 4.69) is 20.0 Å². The van der Waals surface area contributed by atoms with E-state index in [0.717, 1.165) is 11.1 Å². The number of nitrogens with one attached hydrogen (secondary N) is 2.